The Labute approximate surface area is 155 Å². The zero-order valence-electron chi connectivity index (χ0n) is 16.7. The summed E-state index contributed by atoms with van der Waals surface area (Å²) in [6.07, 6.45) is 0. The topological polar surface area (TPSA) is 87.3 Å². The number of hydrogen-bond acceptors (Lipinski definition) is 3. The number of carbonyl (C=O) groups excluding carboxylic acids is 3. The second kappa shape index (κ2) is 7.72. The van der Waals surface area contributed by atoms with Crippen LogP contribution >= 0.6 is 0 Å². The van der Waals surface area contributed by atoms with Gasteiger partial charge in [0.05, 0.1) is 0 Å². The van der Waals surface area contributed by atoms with Gasteiger partial charge in [-0.3, -0.25) is 14.4 Å². The van der Waals surface area contributed by atoms with Crippen molar-refractivity contribution in [1.29, 1.82) is 0 Å². The minimum Gasteiger partial charge on any atom is -0.347 e. The van der Waals surface area contributed by atoms with Crippen LogP contribution < -0.4 is 16.0 Å². The molecule has 0 saturated carbocycles. The summed E-state index contributed by atoms with van der Waals surface area (Å²) < 4.78 is 0. The van der Waals surface area contributed by atoms with Crippen LogP contribution in [0.4, 0.5) is 11.4 Å². The molecule has 3 amide bonds. The predicted octanol–water partition coefficient (Wildman–Crippen LogP) is 3.71. The predicted molar refractivity (Wildman–Crippen MR) is 105 cm³/mol. The number of benzene rings is 1. The second-order valence-electron chi connectivity index (χ2n) is 8.44. The quantitative estimate of drug-likeness (QED) is 0.716. The Kier molecular flexibility index (Phi) is 6.36. The van der Waals surface area contributed by atoms with Gasteiger partial charge in [-0.25, -0.2) is 0 Å². The molecule has 0 aromatic heterocycles. The summed E-state index contributed by atoms with van der Waals surface area (Å²) in [5, 5.41) is 8.34. The van der Waals surface area contributed by atoms with E-state index in [1.165, 1.54) is 0 Å². The standard InChI is InChI=1S/C20H29N3O3/c1-12(2)16(24)21-14-9-13(17(25)23-20(6,7)8)10-15(11-14)22-18(26)19(3,4)5/h9-11H,1H2,2-8H3,(H,21,24)(H,22,26)(H,23,25). The third kappa shape index (κ3) is 6.70. The van der Waals surface area contributed by atoms with Gasteiger partial charge in [-0.2, -0.15) is 0 Å². The van der Waals surface area contributed by atoms with Gasteiger partial charge in [-0.15, -0.1) is 0 Å². The highest BCUT2D eigenvalue weighted by molar-refractivity contribution is 6.05. The minimum absolute atomic E-state index is 0.192. The van der Waals surface area contributed by atoms with E-state index < -0.39 is 11.0 Å². The molecule has 0 aliphatic rings. The van der Waals surface area contributed by atoms with E-state index in [-0.39, 0.29) is 17.7 Å². The molecule has 0 atom stereocenters. The van der Waals surface area contributed by atoms with Crippen LogP contribution in [0, 0.1) is 5.41 Å². The number of carbonyl (C=O) groups is 3. The summed E-state index contributed by atoms with van der Waals surface area (Å²) in [6, 6.07) is 4.76. The van der Waals surface area contributed by atoms with Gasteiger partial charge >= 0.3 is 0 Å². The molecule has 3 N–H and O–H groups in total. The summed E-state index contributed by atoms with van der Waals surface area (Å²) in [5.74, 6) is -0.843. The van der Waals surface area contributed by atoms with Gasteiger partial charge in [0.15, 0.2) is 0 Å². The van der Waals surface area contributed by atoms with E-state index in [2.05, 4.69) is 22.5 Å². The lowest BCUT2D eigenvalue weighted by molar-refractivity contribution is -0.123. The molecule has 0 radical (unpaired) electrons. The average Bonchev–Trinajstić information content (AvgIpc) is 2.43. The molecule has 0 heterocycles. The molecular weight excluding hydrogens is 330 g/mol. The highest BCUT2D eigenvalue weighted by atomic mass is 16.2. The Morgan fingerprint density at radius 2 is 1.38 bits per heavy atom. The van der Waals surface area contributed by atoms with Gasteiger partial charge in [0.1, 0.15) is 0 Å². The van der Waals surface area contributed by atoms with E-state index >= 15 is 0 Å². The van der Waals surface area contributed by atoms with E-state index in [0.717, 1.165) is 0 Å². The second-order valence-corrected chi connectivity index (χ2v) is 8.44. The largest absolute Gasteiger partial charge is 0.347 e. The van der Waals surface area contributed by atoms with Crippen molar-refractivity contribution in [2.75, 3.05) is 10.6 Å². The highest BCUT2D eigenvalue weighted by Crippen LogP contribution is 2.23. The van der Waals surface area contributed by atoms with Crippen LogP contribution in [0.5, 0.6) is 0 Å². The van der Waals surface area contributed by atoms with Gasteiger partial charge in [0, 0.05) is 33.5 Å². The third-order valence-corrected chi connectivity index (χ3v) is 3.27. The molecule has 6 heteroatoms. The Morgan fingerprint density at radius 3 is 1.81 bits per heavy atom. The number of anilines is 2. The molecule has 6 nitrogen and oxygen atoms in total. The molecular formula is C20H29N3O3. The van der Waals surface area contributed by atoms with Gasteiger partial charge in [0.2, 0.25) is 5.91 Å². The van der Waals surface area contributed by atoms with Crippen LogP contribution in [0.25, 0.3) is 0 Å². The van der Waals surface area contributed by atoms with Crippen molar-refractivity contribution in [1.82, 2.24) is 5.32 Å². The summed E-state index contributed by atoms with van der Waals surface area (Å²) in [6.45, 7) is 16.2. The van der Waals surface area contributed by atoms with Crippen molar-refractivity contribution < 1.29 is 14.4 Å². The van der Waals surface area contributed by atoms with E-state index in [9.17, 15) is 14.4 Å². The SMILES string of the molecule is C=C(C)C(=O)Nc1cc(NC(=O)C(C)(C)C)cc(C(=O)NC(C)(C)C)c1. The van der Waals surface area contributed by atoms with Crippen LogP contribution in [-0.2, 0) is 9.59 Å². The monoisotopic (exact) mass is 359 g/mol. The van der Waals surface area contributed by atoms with Gasteiger partial charge in [-0.05, 0) is 45.9 Å². The van der Waals surface area contributed by atoms with Crippen molar-refractivity contribution in [3.8, 4) is 0 Å². The summed E-state index contributed by atoms with van der Waals surface area (Å²) >= 11 is 0. The minimum atomic E-state index is -0.592. The Balaban J connectivity index is 3.25. The molecule has 1 rings (SSSR count). The van der Waals surface area contributed by atoms with Gasteiger partial charge in [0.25, 0.3) is 11.8 Å². The number of nitrogens with one attached hydrogen (secondary N) is 3. The number of hydrogen-bond donors (Lipinski definition) is 3. The van der Waals surface area contributed by atoms with E-state index in [1.54, 1.807) is 45.9 Å². The molecule has 142 valence electrons. The Bertz CT molecular complexity index is 738. The van der Waals surface area contributed by atoms with E-state index in [1.807, 2.05) is 20.8 Å². The van der Waals surface area contributed by atoms with Crippen LogP contribution in [-0.4, -0.2) is 23.3 Å². The maximum atomic E-state index is 12.5. The van der Waals surface area contributed by atoms with E-state index in [4.69, 9.17) is 0 Å². The summed E-state index contributed by atoms with van der Waals surface area (Å²) in [5.41, 5.74) is 0.513. The van der Waals surface area contributed by atoms with Crippen LogP contribution in [0.1, 0.15) is 58.8 Å². The maximum Gasteiger partial charge on any atom is 0.251 e. The van der Waals surface area contributed by atoms with Crippen LogP contribution in [0.2, 0.25) is 0 Å². The number of amides is 3. The van der Waals surface area contributed by atoms with Crippen molar-refractivity contribution in [3.05, 3.63) is 35.9 Å². The molecule has 0 aliphatic heterocycles. The zero-order chi connectivity index (χ0) is 20.3. The van der Waals surface area contributed by atoms with Crippen LogP contribution in [0.3, 0.4) is 0 Å². The fourth-order valence-electron chi connectivity index (χ4n) is 1.87. The van der Waals surface area contributed by atoms with Gasteiger partial charge in [-0.1, -0.05) is 27.4 Å². The van der Waals surface area contributed by atoms with Crippen molar-refractivity contribution in [2.45, 2.75) is 54.0 Å². The fraction of sp³-hybridized carbons (Fsp3) is 0.450. The molecule has 0 fully saturated rings. The number of rotatable bonds is 4. The molecule has 0 saturated heterocycles. The van der Waals surface area contributed by atoms with E-state index in [0.29, 0.717) is 22.5 Å². The Hall–Kier alpha value is -2.63. The third-order valence-electron chi connectivity index (χ3n) is 3.27. The first-order valence-electron chi connectivity index (χ1n) is 8.45. The Morgan fingerprint density at radius 1 is 0.885 bits per heavy atom. The molecule has 1 aromatic rings. The molecule has 26 heavy (non-hydrogen) atoms. The first-order chi connectivity index (χ1) is 11.7. The summed E-state index contributed by atoms with van der Waals surface area (Å²) in [7, 11) is 0. The molecule has 0 spiro atoms. The maximum absolute atomic E-state index is 12.5. The normalized spacial score (nSPS) is 11.5. The van der Waals surface area contributed by atoms with Crippen LogP contribution in [0.15, 0.2) is 30.4 Å². The highest BCUT2D eigenvalue weighted by Gasteiger charge is 2.22. The van der Waals surface area contributed by atoms with Crippen molar-refractivity contribution >= 4 is 29.1 Å². The zero-order valence-corrected chi connectivity index (χ0v) is 16.7. The fourth-order valence-corrected chi connectivity index (χ4v) is 1.87. The van der Waals surface area contributed by atoms with Crippen molar-refractivity contribution in [3.63, 3.8) is 0 Å². The molecule has 1 aromatic carbocycles. The smallest absolute Gasteiger partial charge is 0.251 e. The molecule has 0 unspecified atom stereocenters. The lowest BCUT2D eigenvalue weighted by Gasteiger charge is -2.22. The molecule has 0 aliphatic carbocycles. The first-order valence-corrected chi connectivity index (χ1v) is 8.45. The average molecular weight is 359 g/mol. The summed E-state index contributed by atoms with van der Waals surface area (Å²) in [4.78, 5) is 36.7. The first kappa shape index (κ1) is 21.4. The van der Waals surface area contributed by atoms with Gasteiger partial charge < -0.3 is 16.0 Å². The lowest BCUT2D eigenvalue weighted by Crippen LogP contribution is -2.40. The lowest BCUT2D eigenvalue weighted by atomic mass is 9.95. The van der Waals surface area contributed by atoms with Crippen molar-refractivity contribution in [2.24, 2.45) is 5.41 Å². The molecule has 0 bridgehead atoms.